The third kappa shape index (κ3) is 1.72. The summed E-state index contributed by atoms with van der Waals surface area (Å²) >= 11 is 0. The lowest BCUT2D eigenvalue weighted by molar-refractivity contribution is 0.429. The molecule has 3 aliphatic rings. The van der Waals surface area contributed by atoms with Crippen LogP contribution >= 0.6 is 0 Å². The summed E-state index contributed by atoms with van der Waals surface area (Å²) in [6.45, 7) is 2.34. The third-order valence-electron chi connectivity index (χ3n) is 3.61. The van der Waals surface area contributed by atoms with Crippen molar-refractivity contribution in [1.29, 1.82) is 0 Å². The van der Waals surface area contributed by atoms with Crippen LogP contribution in [0, 0.1) is 0 Å². The first-order chi connectivity index (χ1) is 7.43. The molecule has 4 heterocycles. The number of fused-ring (bicyclic) bond motifs is 4. The summed E-state index contributed by atoms with van der Waals surface area (Å²) in [6.07, 6.45) is 7.73. The highest BCUT2D eigenvalue weighted by molar-refractivity contribution is 5.46. The fraction of sp³-hybridized carbons (Fsp3) is 0.583. The molecule has 2 bridgehead atoms. The lowest BCUT2D eigenvalue weighted by Gasteiger charge is -2.38. The Hall–Kier alpha value is -1.09. The fourth-order valence-electron chi connectivity index (χ4n) is 2.80. The highest BCUT2D eigenvalue weighted by atomic mass is 15.2. The Morgan fingerprint density at radius 2 is 2.07 bits per heavy atom. The van der Waals surface area contributed by atoms with Gasteiger partial charge in [-0.05, 0) is 37.9 Å². The molecule has 3 nitrogen and oxygen atoms in total. The van der Waals surface area contributed by atoms with Gasteiger partial charge in [0.05, 0.1) is 0 Å². The Morgan fingerprint density at radius 1 is 1.20 bits per heavy atom. The lowest BCUT2D eigenvalue weighted by Crippen LogP contribution is -2.46. The maximum Gasteiger partial charge on any atom is 0.0400 e. The van der Waals surface area contributed by atoms with E-state index in [1.807, 2.05) is 12.4 Å². The molecule has 1 aromatic rings. The second-order valence-corrected chi connectivity index (χ2v) is 4.53. The summed E-state index contributed by atoms with van der Waals surface area (Å²) in [5.74, 6) is 0. The number of rotatable bonds is 1. The molecule has 15 heavy (non-hydrogen) atoms. The molecular weight excluding hydrogens is 186 g/mol. The van der Waals surface area contributed by atoms with E-state index in [0.29, 0.717) is 6.04 Å². The maximum absolute atomic E-state index is 4.08. The summed E-state index contributed by atoms with van der Waals surface area (Å²) < 4.78 is 0. The first-order valence-corrected chi connectivity index (χ1v) is 5.83. The quantitative estimate of drug-likeness (QED) is 0.748. The predicted molar refractivity (Wildman–Crippen MR) is 61.0 cm³/mol. The maximum atomic E-state index is 4.08. The molecule has 0 spiro atoms. The van der Waals surface area contributed by atoms with Gasteiger partial charge in [0, 0.05) is 36.7 Å². The van der Waals surface area contributed by atoms with Gasteiger partial charge in [-0.1, -0.05) is 0 Å². The molecule has 1 aromatic heterocycles. The summed E-state index contributed by atoms with van der Waals surface area (Å²) in [6, 6.07) is 5.68. The van der Waals surface area contributed by atoms with E-state index < -0.39 is 0 Å². The van der Waals surface area contributed by atoms with Gasteiger partial charge in [0.25, 0.3) is 0 Å². The SMILES string of the molecule is c1cc(N2CC3CCC2CCN3)ccn1. The minimum Gasteiger partial charge on any atom is -0.367 e. The van der Waals surface area contributed by atoms with Crippen molar-refractivity contribution in [3.63, 3.8) is 0 Å². The van der Waals surface area contributed by atoms with Crippen LogP contribution in [0.5, 0.6) is 0 Å². The van der Waals surface area contributed by atoms with Crippen molar-refractivity contribution in [1.82, 2.24) is 10.3 Å². The number of nitrogens with one attached hydrogen (secondary N) is 1. The van der Waals surface area contributed by atoms with E-state index in [4.69, 9.17) is 0 Å². The molecule has 3 heteroatoms. The Morgan fingerprint density at radius 3 is 2.93 bits per heavy atom. The molecule has 80 valence electrons. The standard InChI is InChI=1S/C12H17N3/c1-2-11-5-8-14-10(1)9-15(11)12-3-6-13-7-4-12/h3-4,6-7,10-11,14H,1-2,5,8-9H2. The summed E-state index contributed by atoms with van der Waals surface area (Å²) in [4.78, 5) is 6.63. The van der Waals surface area contributed by atoms with Gasteiger partial charge >= 0.3 is 0 Å². The molecule has 0 aliphatic carbocycles. The average molecular weight is 203 g/mol. The van der Waals surface area contributed by atoms with Crippen LogP contribution in [0.1, 0.15) is 19.3 Å². The predicted octanol–water partition coefficient (Wildman–Crippen LogP) is 1.41. The molecule has 3 fully saturated rings. The third-order valence-corrected chi connectivity index (χ3v) is 3.61. The Kier molecular flexibility index (Phi) is 2.33. The molecule has 2 unspecified atom stereocenters. The summed E-state index contributed by atoms with van der Waals surface area (Å²) in [7, 11) is 0. The minimum atomic E-state index is 0.692. The number of hydrogen-bond acceptors (Lipinski definition) is 3. The highest BCUT2D eigenvalue weighted by Crippen LogP contribution is 2.28. The number of nitrogens with zero attached hydrogens (tertiary/aromatic N) is 2. The van der Waals surface area contributed by atoms with Gasteiger partial charge < -0.3 is 10.2 Å². The van der Waals surface area contributed by atoms with Crippen LogP contribution in [0.25, 0.3) is 0 Å². The summed E-state index contributed by atoms with van der Waals surface area (Å²) in [5.41, 5.74) is 1.34. The van der Waals surface area contributed by atoms with Gasteiger partial charge in [-0.25, -0.2) is 0 Å². The molecule has 4 rings (SSSR count). The Labute approximate surface area is 90.5 Å². The largest absolute Gasteiger partial charge is 0.367 e. The smallest absolute Gasteiger partial charge is 0.0400 e. The second kappa shape index (κ2) is 3.81. The van der Waals surface area contributed by atoms with Crippen molar-refractivity contribution in [3.8, 4) is 0 Å². The van der Waals surface area contributed by atoms with Crippen LogP contribution in [0.15, 0.2) is 24.5 Å². The van der Waals surface area contributed by atoms with Crippen LogP contribution in [0.2, 0.25) is 0 Å². The van der Waals surface area contributed by atoms with Gasteiger partial charge in [-0.2, -0.15) is 0 Å². The molecule has 1 N–H and O–H groups in total. The minimum absolute atomic E-state index is 0.692. The van der Waals surface area contributed by atoms with Crippen LogP contribution in [-0.2, 0) is 0 Å². The highest BCUT2D eigenvalue weighted by Gasteiger charge is 2.30. The number of anilines is 1. The second-order valence-electron chi connectivity index (χ2n) is 4.53. The van der Waals surface area contributed by atoms with Crippen molar-refractivity contribution in [2.45, 2.75) is 31.3 Å². The van der Waals surface area contributed by atoms with E-state index in [1.165, 1.54) is 31.5 Å². The molecule has 0 radical (unpaired) electrons. The van der Waals surface area contributed by atoms with Gasteiger partial charge in [-0.15, -0.1) is 0 Å². The van der Waals surface area contributed by atoms with E-state index >= 15 is 0 Å². The fourth-order valence-corrected chi connectivity index (χ4v) is 2.80. The monoisotopic (exact) mass is 203 g/mol. The van der Waals surface area contributed by atoms with Crippen LogP contribution < -0.4 is 10.2 Å². The first kappa shape index (κ1) is 9.16. The van der Waals surface area contributed by atoms with E-state index in [2.05, 4.69) is 27.3 Å². The van der Waals surface area contributed by atoms with Gasteiger partial charge in [0.1, 0.15) is 0 Å². The molecule has 0 saturated carbocycles. The van der Waals surface area contributed by atoms with Crippen molar-refractivity contribution >= 4 is 5.69 Å². The van der Waals surface area contributed by atoms with E-state index in [1.54, 1.807) is 0 Å². The average Bonchev–Trinajstić information content (AvgIpc) is 2.65. The van der Waals surface area contributed by atoms with E-state index in [0.717, 1.165) is 12.6 Å². The van der Waals surface area contributed by atoms with Crippen molar-refractivity contribution < 1.29 is 0 Å². The van der Waals surface area contributed by atoms with E-state index in [-0.39, 0.29) is 0 Å². The van der Waals surface area contributed by atoms with Gasteiger partial charge in [-0.3, -0.25) is 4.98 Å². The number of pyridine rings is 1. The van der Waals surface area contributed by atoms with Crippen molar-refractivity contribution in [2.24, 2.45) is 0 Å². The summed E-state index contributed by atoms with van der Waals surface area (Å²) in [5, 5.41) is 3.62. The number of piperidine rings is 1. The first-order valence-electron chi connectivity index (χ1n) is 5.83. The molecule has 3 saturated heterocycles. The molecule has 0 amide bonds. The van der Waals surface area contributed by atoms with Crippen LogP contribution in [-0.4, -0.2) is 30.2 Å². The van der Waals surface area contributed by atoms with Gasteiger partial charge in [0.2, 0.25) is 0 Å². The Bertz CT molecular complexity index is 321. The van der Waals surface area contributed by atoms with Crippen molar-refractivity contribution in [2.75, 3.05) is 18.0 Å². The Balaban J connectivity index is 1.87. The normalized spacial score (nSPS) is 30.3. The molecular formula is C12H17N3. The zero-order valence-corrected chi connectivity index (χ0v) is 8.89. The topological polar surface area (TPSA) is 28.2 Å². The van der Waals surface area contributed by atoms with Crippen molar-refractivity contribution in [3.05, 3.63) is 24.5 Å². The molecule has 3 aliphatic heterocycles. The van der Waals surface area contributed by atoms with Crippen LogP contribution in [0.3, 0.4) is 0 Å². The molecule has 2 atom stereocenters. The van der Waals surface area contributed by atoms with Crippen LogP contribution in [0.4, 0.5) is 5.69 Å². The van der Waals surface area contributed by atoms with E-state index in [9.17, 15) is 0 Å². The lowest BCUT2D eigenvalue weighted by atomic mass is 9.98. The zero-order valence-electron chi connectivity index (χ0n) is 8.89. The van der Waals surface area contributed by atoms with Gasteiger partial charge in [0.15, 0.2) is 0 Å². The molecule has 0 aromatic carbocycles. The zero-order chi connectivity index (χ0) is 10.1. The number of hydrogen-bond donors (Lipinski definition) is 1. The number of aromatic nitrogens is 1.